The summed E-state index contributed by atoms with van der Waals surface area (Å²) in [6, 6.07) is 8.03. The lowest BCUT2D eigenvalue weighted by atomic mass is 10.1. The molecule has 5 heteroatoms. The van der Waals surface area contributed by atoms with Gasteiger partial charge in [-0.2, -0.15) is 0 Å². The van der Waals surface area contributed by atoms with Crippen LogP contribution in [0.3, 0.4) is 0 Å². The first-order chi connectivity index (χ1) is 10.2. The highest BCUT2D eigenvalue weighted by atomic mass is 16.2. The van der Waals surface area contributed by atoms with Crippen LogP contribution in [0.2, 0.25) is 0 Å². The molecule has 21 heavy (non-hydrogen) atoms. The van der Waals surface area contributed by atoms with E-state index in [2.05, 4.69) is 22.2 Å². The van der Waals surface area contributed by atoms with Crippen LogP contribution in [-0.2, 0) is 16.0 Å². The Morgan fingerprint density at radius 1 is 1.19 bits per heavy atom. The normalized spacial score (nSPS) is 10.3. The Labute approximate surface area is 123 Å². The van der Waals surface area contributed by atoms with Gasteiger partial charge in [0, 0.05) is 30.2 Å². The molecule has 1 heterocycles. The molecule has 110 valence electrons. The van der Waals surface area contributed by atoms with Gasteiger partial charge in [0.15, 0.2) is 0 Å². The Morgan fingerprint density at radius 3 is 2.76 bits per heavy atom. The third kappa shape index (κ3) is 4.21. The maximum atomic E-state index is 11.6. The summed E-state index contributed by atoms with van der Waals surface area (Å²) < 4.78 is 0. The van der Waals surface area contributed by atoms with Crippen molar-refractivity contribution < 1.29 is 9.59 Å². The molecule has 5 nitrogen and oxygen atoms in total. The standard InChI is InChI=1S/C16H19N3O2/c1-2-8-17-15(20)10-16(21)18-9-7-12-11-19-14-6-4-3-5-13(12)14/h2-6,11,19H,1,7-10H2,(H,17,20)(H,18,21). The zero-order valence-corrected chi connectivity index (χ0v) is 11.8. The van der Waals surface area contributed by atoms with Crippen LogP contribution in [0.4, 0.5) is 0 Å². The molecule has 0 aliphatic rings. The molecule has 2 rings (SSSR count). The van der Waals surface area contributed by atoms with Gasteiger partial charge in [-0.15, -0.1) is 6.58 Å². The molecule has 0 bridgehead atoms. The Kier molecular flexibility index (Phi) is 5.15. The third-order valence-electron chi connectivity index (χ3n) is 3.16. The summed E-state index contributed by atoms with van der Waals surface area (Å²) in [4.78, 5) is 26.2. The molecule has 2 amide bonds. The highest BCUT2D eigenvalue weighted by Gasteiger charge is 2.08. The van der Waals surface area contributed by atoms with Gasteiger partial charge in [-0.1, -0.05) is 24.3 Å². The van der Waals surface area contributed by atoms with Crippen LogP contribution < -0.4 is 10.6 Å². The van der Waals surface area contributed by atoms with Crippen molar-refractivity contribution >= 4 is 22.7 Å². The first-order valence-electron chi connectivity index (χ1n) is 6.90. The minimum atomic E-state index is -0.292. The molecule has 0 atom stereocenters. The highest BCUT2D eigenvalue weighted by molar-refractivity contribution is 5.96. The molecule has 1 aromatic carbocycles. The van der Waals surface area contributed by atoms with Gasteiger partial charge in [0.1, 0.15) is 6.42 Å². The van der Waals surface area contributed by atoms with Crippen molar-refractivity contribution in [3.8, 4) is 0 Å². The van der Waals surface area contributed by atoms with Gasteiger partial charge in [0.25, 0.3) is 0 Å². The smallest absolute Gasteiger partial charge is 0.229 e. The fourth-order valence-corrected chi connectivity index (χ4v) is 2.13. The van der Waals surface area contributed by atoms with Crippen molar-refractivity contribution in [2.75, 3.05) is 13.1 Å². The number of carbonyl (C=O) groups excluding carboxylic acids is 2. The Bertz CT molecular complexity index is 646. The van der Waals surface area contributed by atoms with Crippen molar-refractivity contribution in [2.45, 2.75) is 12.8 Å². The molecule has 0 spiro atoms. The number of aromatic amines is 1. The molecular weight excluding hydrogens is 266 g/mol. The molecule has 3 N–H and O–H groups in total. The molecule has 2 aromatic rings. The van der Waals surface area contributed by atoms with E-state index in [9.17, 15) is 9.59 Å². The van der Waals surface area contributed by atoms with E-state index in [1.54, 1.807) is 6.08 Å². The van der Waals surface area contributed by atoms with Crippen molar-refractivity contribution in [2.24, 2.45) is 0 Å². The minimum Gasteiger partial charge on any atom is -0.361 e. The summed E-state index contributed by atoms with van der Waals surface area (Å²) in [5.74, 6) is -0.559. The third-order valence-corrected chi connectivity index (χ3v) is 3.16. The number of para-hydroxylation sites is 1. The van der Waals surface area contributed by atoms with Gasteiger partial charge < -0.3 is 15.6 Å². The highest BCUT2D eigenvalue weighted by Crippen LogP contribution is 2.17. The van der Waals surface area contributed by atoms with E-state index in [1.807, 2.05) is 30.5 Å². The van der Waals surface area contributed by atoms with Crippen LogP contribution >= 0.6 is 0 Å². The maximum Gasteiger partial charge on any atom is 0.229 e. The lowest BCUT2D eigenvalue weighted by molar-refractivity contribution is -0.129. The fourth-order valence-electron chi connectivity index (χ4n) is 2.13. The average molecular weight is 285 g/mol. The predicted molar refractivity (Wildman–Crippen MR) is 82.8 cm³/mol. The molecule has 1 aromatic heterocycles. The number of aromatic nitrogens is 1. The Hall–Kier alpha value is -2.56. The molecule has 0 aliphatic carbocycles. The quantitative estimate of drug-likeness (QED) is 0.533. The summed E-state index contributed by atoms with van der Waals surface area (Å²) in [7, 11) is 0. The number of carbonyl (C=O) groups is 2. The summed E-state index contributed by atoms with van der Waals surface area (Å²) in [6.45, 7) is 4.38. The monoisotopic (exact) mass is 285 g/mol. The number of nitrogens with one attached hydrogen (secondary N) is 3. The van der Waals surface area contributed by atoms with Gasteiger partial charge in [0.2, 0.25) is 11.8 Å². The SMILES string of the molecule is C=CCNC(=O)CC(=O)NCCc1c[nH]c2ccccc12. The van der Waals surface area contributed by atoms with E-state index in [0.29, 0.717) is 13.1 Å². The van der Waals surface area contributed by atoms with Crippen molar-refractivity contribution in [1.82, 2.24) is 15.6 Å². The van der Waals surface area contributed by atoms with Gasteiger partial charge in [-0.05, 0) is 18.1 Å². The van der Waals surface area contributed by atoms with Gasteiger partial charge in [-0.25, -0.2) is 0 Å². The number of H-pyrrole nitrogens is 1. The van der Waals surface area contributed by atoms with Crippen LogP contribution in [0.5, 0.6) is 0 Å². The Morgan fingerprint density at radius 2 is 1.95 bits per heavy atom. The predicted octanol–water partition coefficient (Wildman–Crippen LogP) is 1.52. The second-order valence-corrected chi connectivity index (χ2v) is 4.73. The van der Waals surface area contributed by atoms with E-state index in [4.69, 9.17) is 0 Å². The number of benzene rings is 1. The van der Waals surface area contributed by atoms with Crippen molar-refractivity contribution in [1.29, 1.82) is 0 Å². The zero-order chi connectivity index (χ0) is 15.1. The van der Waals surface area contributed by atoms with Crippen molar-refractivity contribution in [3.63, 3.8) is 0 Å². The number of fused-ring (bicyclic) bond motifs is 1. The number of hydrogen-bond donors (Lipinski definition) is 3. The molecular formula is C16H19N3O2. The van der Waals surface area contributed by atoms with E-state index in [-0.39, 0.29) is 18.2 Å². The van der Waals surface area contributed by atoms with Crippen LogP contribution in [0.1, 0.15) is 12.0 Å². The summed E-state index contributed by atoms with van der Waals surface area (Å²) in [5, 5.41) is 6.48. The second kappa shape index (κ2) is 7.28. The van der Waals surface area contributed by atoms with Gasteiger partial charge >= 0.3 is 0 Å². The van der Waals surface area contributed by atoms with Gasteiger partial charge in [-0.3, -0.25) is 9.59 Å². The largest absolute Gasteiger partial charge is 0.361 e. The van der Waals surface area contributed by atoms with Crippen molar-refractivity contribution in [3.05, 3.63) is 48.7 Å². The zero-order valence-electron chi connectivity index (χ0n) is 11.8. The second-order valence-electron chi connectivity index (χ2n) is 4.73. The molecule has 0 fully saturated rings. The fraction of sp³-hybridized carbons (Fsp3) is 0.250. The van der Waals surface area contributed by atoms with E-state index >= 15 is 0 Å². The summed E-state index contributed by atoms with van der Waals surface area (Å²) >= 11 is 0. The Balaban J connectivity index is 1.77. The van der Waals surface area contributed by atoms with E-state index in [0.717, 1.165) is 22.9 Å². The number of hydrogen-bond acceptors (Lipinski definition) is 2. The molecule has 0 saturated heterocycles. The summed E-state index contributed by atoms with van der Waals surface area (Å²) in [6.07, 6.45) is 4.10. The summed E-state index contributed by atoms with van der Waals surface area (Å²) in [5.41, 5.74) is 2.24. The molecule has 0 aliphatic heterocycles. The maximum absolute atomic E-state index is 11.6. The number of rotatable bonds is 7. The van der Waals surface area contributed by atoms with Gasteiger partial charge in [0.05, 0.1) is 0 Å². The van der Waals surface area contributed by atoms with Crippen LogP contribution in [-0.4, -0.2) is 29.9 Å². The van der Waals surface area contributed by atoms with Crippen LogP contribution in [0.25, 0.3) is 10.9 Å². The molecule has 0 radical (unpaired) electrons. The molecule has 0 unspecified atom stereocenters. The lowest BCUT2D eigenvalue weighted by Gasteiger charge is -2.05. The first kappa shape index (κ1) is 14.8. The first-order valence-corrected chi connectivity index (χ1v) is 6.90. The lowest BCUT2D eigenvalue weighted by Crippen LogP contribution is -2.32. The number of amides is 2. The van der Waals surface area contributed by atoms with Crippen LogP contribution in [0.15, 0.2) is 43.1 Å². The minimum absolute atomic E-state index is 0.151. The van der Waals surface area contributed by atoms with E-state index < -0.39 is 0 Å². The molecule has 0 saturated carbocycles. The topological polar surface area (TPSA) is 74.0 Å². The van der Waals surface area contributed by atoms with Crippen LogP contribution in [0, 0.1) is 0 Å². The van der Waals surface area contributed by atoms with E-state index in [1.165, 1.54) is 0 Å². The average Bonchev–Trinajstić information content (AvgIpc) is 2.88.